The third kappa shape index (κ3) is 5.77. The Morgan fingerprint density at radius 2 is 1.43 bits per heavy atom. The summed E-state index contributed by atoms with van der Waals surface area (Å²) in [6.07, 6.45) is 5.15. The van der Waals surface area contributed by atoms with Crippen molar-refractivity contribution >= 4 is 11.8 Å². The van der Waals surface area contributed by atoms with Crippen LogP contribution in [0.1, 0.15) is 38.3 Å². The maximum absolute atomic E-state index is 12.4. The zero-order valence-electron chi connectivity index (χ0n) is 15.6. The van der Waals surface area contributed by atoms with E-state index in [0.29, 0.717) is 24.2 Å². The second-order valence-corrected chi connectivity index (χ2v) is 6.46. The molecule has 3 rings (SSSR count). The number of aryl methyl sites for hydroxylation is 1. The summed E-state index contributed by atoms with van der Waals surface area (Å²) in [6, 6.07) is 20.6. The summed E-state index contributed by atoms with van der Waals surface area (Å²) in [7, 11) is 0. The van der Waals surface area contributed by atoms with Gasteiger partial charge in [-0.05, 0) is 54.3 Å². The lowest BCUT2D eigenvalue weighted by Crippen LogP contribution is -2.26. The summed E-state index contributed by atoms with van der Waals surface area (Å²) in [5.41, 5.74) is 3.17. The summed E-state index contributed by atoms with van der Waals surface area (Å²) < 4.78 is 0. The summed E-state index contributed by atoms with van der Waals surface area (Å²) in [5.74, 6) is -0.382. The van der Waals surface area contributed by atoms with Crippen LogP contribution in [0, 0.1) is 0 Å². The van der Waals surface area contributed by atoms with Gasteiger partial charge in [-0.1, -0.05) is 36.4 Å². The fourth-order valence-electron chi connectivity index (χ4n) is 2.83. The Balaban J connectivity index is 1.49. The zero-order chi connectivity index (χ0) is 19.6. The fourth-order valence-corrected chi connectivity index (χ4v) is 2.83. The van der Waals surface area contributed by atoms with Crippen molar-refractivity contribution in [3.05, 3.63) is 101 Å². The van der Waals surface area contributed by atoms with E-state index in [0.717, 1.165) is 18.4 Å². The Kier molecular flexibility index (Phi) is 6.90. The van der Waals surface area contributed by atoms with Gasteiger partial charge in [0.1, 0.15) is 0 Å². The first-order chi connectivity index (χ1) is 13.7. The Morgan fingerprint density at radius 3 is 2.14 bits per heavy atom. The number of amides is 2. The molecule has 0 atom stereocenters. The maximum Gasteiger partial charge on any atom is 0.251 e. The second-order valence-electron chi connectivity index (χ2n) is 6.46. The molecule has 2 aromatic carbocycles. The van der Waals surface area contributed by atoms with Crippen molar-refractivity contribution in [1.82, 2.24) is 15.6 Å². The Bertz CT molecular complexity index is 911. The Labute approximate surface area is 164 Å². The van der Waals surface area contributed by atoms with Crippen LogP contribution in [0.5, 0.6) is 0 Å². The highest BCUT2D eigenvalue weighted by atomic mass is 16.2. The van der Waals surface area contributed by atoms with Crippen molar-refractivity contribution in [1.29, 1.82) is 0 Å². The smallest absolute Gasteiger partial charge is 0.251 e. The third-order valence-corrected chi connectivity index (χ3v) is 4.36. The van der Waals surface area contributed by atoms with Crippen LogP contribution in [0.25, 0.3) is 0 Å². The number of nitrogens with zero attached hydrogens (tertiary/aromatic N) is 1. The van der Waals surface area contributed by atoms with Gasteiger partial charge in [0, 0.05) is 36.6 Å². The van der Waals surface area contributed by atoms with Gasteiger partial charge in [0.2, 0.25) is 0 Å². The highest BCUT2D eigenvalue weighted by Gasteiger charge is 2.10. The molecule has 0 bridgehead atoms. The predicted molar refractivity (Wildman–Crippen MR) is 109 cm³/mol. The van der Waals surface area contributed by atoms with E-state index in [2.05, 4.69) is 27.8 Å². The Morgan fingerprint density at radius 1 is 0.750 bits per heavy atom. The molecule has 1 aromatic heterocycles. The summed E-state index contributed by atoms with van der Waals surface area (Å²) in [4.78, 5) is 28.7. The van der Waals surface area contributed by atoms with Gasteiger partial charge in [-0.25, -0.2) is 0 Å². The van der Waals surface area contributed by atoms with Crippen LogP contribution in [0.4, 0.5) is 0 Å². The lowest BCUT2D eigenvalue weighted by molar-refractivity contribution is 0.0950. The molecule has 2 N–H and O–H groups in total. The largest absolute Gasteiger partial charge is 0.352 e. The van der Waals surface area contributed by atoms with Crippen LogP contribution in [0.2, 0.25) is 0 Å². The van der Waals surface area contributed by atoms with Crippen LogP contribution >= 0.6 is 0 Å². The maximum atomic E-state index is 12.4. The molecule has 0 aliphatic heterocycles. The van der Waals surface area contributed by atoms with Crippen molar-refractivity contribution in [2.24, 2.45) is 0 Å². The summed E-state index contributed by atoms with van der Waals surface area (Å²) in [5, 5.41) is 5.77. The number of carbonyl (C=O) groups excluding carboxylic acids is 2. The molecule has 0 aliphatic carbocycles. The van der Waals surface area contributed by atoms with Gasteiger partial charge in [0.05, 0.1) is 0 Å². The minimum absolute atomic E-state index is 0.170. The van der Waals surface area contributed by atoms with E-state index in [9.17, 15) is 9.59 Å². The average Bonchev–Trinajstić information content (AvgIpc) is 2.76. The monoisotopic (exact) mass is 373 g/mol. The summed E-state index contributed by atoms with van der Waals surface area (Å²) >= 11 is 0. The molecular formula is C23H23N3O2. The van der Waals surface area contributed by atoms with Gasteiger partial charge in [0.25, 0.3) is 11.8 Å². The topological polar surface area (TPSA) is 71.1 Å². The van der Waals surface area contributed by atoms with Gasteiger partial charge in [-0.2, -0.15) is 0 Å². The average molecular weight is 373 g/mol. The molecule has 0 unspecified atom stereocenters. The third-order valence-electron chi connectivity index (χ3n) is 4.36. The molecule has 2 amide bonds. The zero-order valence-corrected chi connectivity index (χ0v) is 15.6. The lowest BCUT2D eigenvalue weighted by atomic mass is 10.1. The van der Waals surface area contributed by atoms with Gasteiger partial charge < -0.3 is 10.6 Å². The molecule has 5 heteroatoms. The first-order valence-corrected chi connectivity index (χ1v) is 9.31. The minimum Gasteiger partial charge on any atom is -0.352 e. The molecule has 28 heavy (non-hydrogen) atoms. The van der Waals surface area contributed by atoms with E-state index in [-0.39, 0.29) is 11.8 Å². The quantitative estimate of drug-likeness (QED) is 0.595. The van der Waals surface area contributed by atoms with Crippen LogP contribution in [0.3, 0.4) is 0 Å². The lowest BCUT2D eigenvalue weighted by Gasteiger charge is -2.08. The molecular weight excluding hydrogens is 350 g/mol. The molecule has 142 valence electrons. The van der Waals surface area contributed by atoms with Gasteiger partial charge in [0.15, 0.2) is 0 Å². The van der Waals surface area contributed by atoms with Crippen molar-refractivity contribution < 1.29 is 9.59 Å². The standard InChI is InChI=1S/C23H23N3O2/c27-22(25-13-5-8-18-6-2-1-3-7-18)20-9-4-10-21(16-20)23(28)26-17-19-11-14-24-15-12-19/h1-4,6-7,9-12,14-16H,5,8,13,17H2,(H,25,27)(H,26,28). The van der Waals surface area contributed by atoms with Gasteiger partial charge in [-0.3, -0.25) is 14.6 Å². The van der Waals surface area contributed by atoms with E-state index in [1.165, 1.54) is 5.56 Å². The van der Waals surface area contributed by atoms with E-state index in [1.54, 1.807) is 36.7 Å². The second kappa shape index (κ2) is 10.0. The minimum atomic E-state index is -0.212. The van der Waals surface area contributed by atoms with Crippen LogP contribution in [-0.4, -0.2) is 23.3 Å². The summed E-state index contributed by atoms with van der Waals surface area (Å²) in [6.45, 7) is 1.00. The molecule has 1 heterocycles. The fraction of sp³-hybridized carbons (Fsp3) is 0.174. The van der Waals surface area contributed by atoms with E-state index in [4.69, 9.17) is 0 Å². The first-order valence-electron chi connectivity index (χ1n) is 9.31. The number of benzene rings is 2. The number of aromatic nitrogens is 1. The molecule has 3 aromatic rings. The van der Waals surface area contributed by atoms with Gasteiger partial charge in [-0.15, -0.1) is 0 Å². The predicted octanol–water partition coefficient (Wildman–Crippen LogP) is 3.37. The SMILES string of the molecule is O=C(NCCCc1ccccc1)c1cccc(C(=O)NCc2ccncc2)c1. The van der Waals surface area contributed by atoms with Crippen molar-refractivity contribution in [3.63, 3.8) is 0 Å². The number of rotatable bonds is 8. The molecule has 0 aliphatic rings. The molecule has 0 spiro atoms. The van der Waals surface area contributed by atoms with Crippen LogP contribution in [0.15, 0.2) is 79.1 Å². The van der Waals surface area contributed by atoms with Gasteiger partial charge >= 0.3 is 0 Å². The van der Waals surface area contributed by atoms with Crippen molar-refractivity contribution in [2.75, 3.05) is 6.54 Å². The molecule has 0 saturated heterocycles. The first kappa shape index (κ1) is 19.3. The molecule has 0 fully saturated rings. The van der Waals surface area contributed by atoms with Crippen molar-refractivity contribution in [2.45, 2.75) is 19.4 Å². The molecule has 0 saturated carbocycles. The van der Waals surface area contributed by atoms with Crippen molar-refractivity contribution in [3.8, 4) is 0 Å². The number of pyridine rings is 1. The Hall–Kier alpha value is -3.47. The number of hydrogen-bond acceptors (Lipinski definition) is 3. The number of nitrogens with one attached hydrogen (secondary N) is 2. The van der Waals surface area contributed by atoms with E-state index in [1.807, 2.05) is 30.3 Å². The highest BCUT2D eigenvalue weighted by molar-refractivity contribution is 5.99. The van der Waals surface area contributed by atoms with E-state index >= 15 is 0 Å². The van der Waals surface area contributed by atoms with Crippen LogP contribution in [-0.2, 0) is 13.0 Å². The number of carbonyl (C=O) groups is 2. The molecule has 5 nitrogen and oxygen atoms in total. The molecule has 0 radical (unpaired) electrons. The number of hydrogen-bond donors (Lipinski definition) is 2. The van der Waals surface area contributed by atoms with E-state index < -0.39 is 0 Å². The normalized spacial score (nSPS) is 10.3. The van der Waals surface area contributed by atoms with Crippen LogP contribution < -0.4 is 10.6 Å². The highest BCUT2D eigenvalue weighted by Crippen LogP contribution is 2.07.